The monoisotopic (exact) mass is 271 g/mol. The quantitative estimate of drug-likeness (QED) is 0.881. The fourth-order valence-corrected chi connectivity index (χ4v) is 2.92. The van der Waals surface area contributed by atoms with Gasteiger partial charge < -0.3 is 0 Å². The van der Waals surface area contributed by atoms with Crippen molar-refractivity contribution in [3.8, 4) is 6.07 Å². The van der Waals surface area contributed by atoms with E-state index in [9.17, 15) is 12.8 Å². The first kappa shape index (κ1) is 14.5. The molecule has 5 nitrogen and oxygen atoms in total. The molecule has 0 spiro atoms. The number of rotatable bonds is 5. The van der Waals surface area contributed by atoms with E-state index in [0.717, 1.165) is 6.07 Å². The normalized spacial score (nSPS) is 12.1. The lowest BCUT2D eigenvalue weighted by Gasteiger charge is -2.24. The summed E-state index contributed by atoms with van der Waals surface area (Å²) < 4.78 is 39.6. The largest absolute Gasteiger partial charge is 0.262 e. The van der Waals surface area contributed by atoms with Crippen LogP contribution >= 0.6 is 0 Å². The predicted molar refractivity (Wildman–Crippen MR) is 63.4 cm³/mol. The maximum absolute atomic E-state index is 13.4. The lowest BCUT2D eigenvalue weighted by molar-refractivity contribution is 0.442. The Morgan fingerprint density at radius 2 is 2.11 bits per heavy atom. The van der Waals surface area contributed by atoms with Gasteiger partial charge in [-0.15, -0.1) is 0 Å². The van der Waals surface area contributed by atoms with Crippen LogP contribution in [0.15, 0.2) is 23.4 Å². The molecule has 1 rings (SSSR count). The van der Waals surface area contributed by atoms with Gasteiger partial charge in [0.1, 0.15) is 5.54 Å². The summed E-state index contributed by atoms with van der Waals surface area (Å²) in [5.74, 6) is -0.941. The van der Waals surface area contributed by atoms with Gasteiger partial charge in [0.25, 0.3) is 10.0 Å². The van der Waals surface area contributed by atoms with E-state index in [-0.39, 0.29) is 12.8 Å². The first-order valence-electron chi connectivity index (χ1n) is 5.46. The third-order valence-electron chi connectivity index (χ3n) is 2.73. The van der Waals surface area contributed by atoms with Gasteiger partial charge in [-0.05, 0) is 25.0 Å². The molecule has 0 saturated carbocycles. The summed E-state index contributed by atoms with van der Waals surface area (Å²) in [6.07, 6.45) is 1.75. The van der Waals surface area contributed by atoms with Crippen LogP contribution in [0.5, 0.6) is 0 Å². The van der Waals surface area contributed by atoms with E-state index in [1.165, 1.54) is 12.3 Å². The lowest BCUT2D eigenvalue weighted by atomic mass is 9.97. The van der Waals surface area contributed by atoms with E-state index in [0.29, 0.717) is 0 Å². The lowest BCUT2D eigenvalue weighted by Crippen LogP contribution is -2.46. The molecule has 0 radical (unpaired) electrons. The molecular weight excluding hydrogens is 257 g/mol. The average molecular weight is 271 g/mol. The van der Waals surface area contributed by atoms with Crippen molar-refractivity contribution < 1.29 is 12.8 Å². The van der Waals surface area contributed by atoms with Crippen LogP contribution < -0.4 is 4.72 Å². The highest BCUT2D eigenvalue weighted by atomic mass is 32.2. The van der Waals surface area contributed by atoms with Crippen molar-refractivity contribution in [1.29, 1.82) is 5.26 Å². The van der Waals surface area contributed by atoms with Crippen molar-refractivity contribution in [2.45, 2.75) is 37.3 Å². The highest BCUT2D eigenvalue weighted by molar-refractivity contribution is 7.89. The Morgan fingerprint density at radius 1 is 1.50 bits per heavy atom. The number of hydrogen-bond donors (Lipinski definition) is 1. The minimum atomic E-state index is -4.14. The molecule has 7 heteroatoms. The van der Waals surface area contributed by atoms with Gasteiger partial charge in [0.15, 0.2) is 5.82 Å². The van der Waals surface area contributed by atoms with E-state index >= 15 is 0 Å². The Hall–Kier alpha value is -1.52. The Balaban J connectivity index is 3.18. The maximum Gasteiger partial charge on any atom is 0.262 e. The maximum atomic E-state index is 13.4. The predicted octanol–water partition coefficient (Wildman–Crippen LogP) is 1.58. The molecule has 0 aliphatic rings. The molecule has 98 valence electrons. The number of halogens is 1. The summed E-state index contributed by atoms with van der Waals surface area (Å²) in [5.41, 5.74) is -1.23. The number of pyridine rings is 1. The van der Waals surface area contributed by atoms with Crippen LogP contribution in [0.1, 0.15) is 26.7 Å². The van der Waals surface area contributed by atoms with Gasteiger partial charge in [-0.25, -0.2) is 17.8 Å². The van der Waals surface area contributed by atoms with Crippen LogP contribution in [0, 0.1) is 17.1 Å². The van der Waals surface area contributed by atoms with Gasteiger partial charge in [0.2, 0.25) is 5.03 Å². The Morgan fingerprint density at radius 3 is 2.56 bits per heavy atom. The molecule has 0 fully saturated rings. The topological polar surface area (TPSA) is 82.9 Å². The first-order valence-corrected chi connectivity index (χ1v) is 6.95. The molecule has 0 aromatic carbocycles. The number of hydrogen-bond acceptors (Lipinski definition) is 4. The molecule has 1 aromatic heterocycles. The van der Waals surface area contributed by atoms with Crippen molar-refractivity contribution in [1.82, 2.24) is 9.71 Å². The average Bonchev–Trinajstić information content (AvgIpc) is 2.36. The fourth-order valence-electron chi connectivity index (χ4n) is 1.45. The minimum Gasteiger partial charge on any atom is -0.241 e. The van der Waals surface area contributed by atoms with Crippen LogP contribution in [0.25, 0.3) is 0 Å². The Kier molecular flexibility index (Phi) is 4.38. The number of nitriles is 1. The second-order valence-electron chi connectivity index (χ2n) is 3.80. The molecule has 1 heterocycles. The molecule has 0 atom stereocenters. The van der Waals surface area contributed by atoms with Crippen molar-refractivity contribution in [2.75, 3.05) is 0 Å². The summed E-state index contributed by atoms with van der Waals surface area (Å²) in [6, 6.07) is 4.22. The molecule has 1 N–H and O–H groups in total. The summed E-state index contributed by atoms with van der Waals surface area (Å²) in [6.45, 7) is 3.37. The molecule has 0 aliphatic heterocycles. The van der Waals surface area contributed by atoms with Gasteiger partial charge in [0, 0.05) is 6.20 Å². The molecule has 0 unspecified atom stereocenters. The molecule has 1 aromatic rings. The van der Waals surface area contributed by atoms with Gasteiger partial charge in [-0.1, -0.05) is 13.8 Å². The number of nitrogens with one attached hydrogen (secondary N) is 1. The van der Waals surface area contributed by atoms with E-state index in [4.69, 9.17) is 5.26 Å². The van der Waals surface area contributed by atoms with Crippen molar-refractivity contribution in [3.05, 3.63) is 24.1 Å². The zero-order chi connectivity index (χ0) is 13.8. The smallest absolute Gasteiger partial charge is 0.241 e. The van der Waals surface area contributed by atoms with E-state index in [1.54, 1.807) is 13.8 Å². The molecule has 0 bridgehead atoms. The van der Waals surface area contributed by atoms with Gasteiger partial charge >= 0.3 is 0 Å². The van der Waals surface area contributed by atoms with E-state index in [2.05, 4.69) is 9.71 Å². The highest BCUT2D eigenvalue weighted by Crippen LogP contribution is 2.19. The minimum absolute atomic E-state index is 0.285. The SMILES string of the molecule is CCC(C#N)(CC)NS(=O)(=O)c1ncccc1F. The highest BCUT2D eigenvalue weighted by Gasteiger charge is 2.34. The zero-order valence-electron chi connectivity index (χ0n) is 10.1. The van der Waals surface area contributed by atoms with Gasteiger partial charge in [0.05, 0.1) is 6.07 Å². The van der Waals surface area contributed by atoms with Gasteiger partial charge in [-0.3, -0.25) is 0 Å². The Bertz CT molecular complexity index is 562. The summed E-state index contributed by atoms with van der Waals surface area (Å²) in [7, 11) is -4.14. The second kappa shape index (κ2) is 5.42. The van der Waals surface area contributed by atoms with Crippen molar-refractivity contribution >= 4 is 10.0 Å². The van der Waals surface area contributed by atoms with E-state index < -0.39 is 26.4 Å². The number of aromatic nitrogens is 1. The summed E-state index contributed by atoms with van der Waals surface area (Å²) in [4.78, 5) is 3.50. The van der Waals surface area contributed by atoms with Gasteiger partial charge in [-0.2, -0.15) is 9.98 Å². The zero-order valence-corrected chi connectivity index (χ0v) is 11.0. The fraction of sp³-hybridized carbons (Fsp3) is 0.455. The molecule has 0 aliphatic carbocycles. The third-order valence-corrected chi connectivity index (χ3v) is 4.20. The van der Waals surface area contributed by atoms with E-state index in [1.807, 2.05) is 6.07 Å². The summed E-state index contributed by atoms with van der Waals surface area (Å²) >= 11 is 0. The number of sulfonamides is 1. The second-order valence-corrected chi connectivity index (χ2v) is 5.39. The number of nitrogens with zero attached hydrogens (tertiary/aromatic N) is 2. The van der Waals surface area contributed by atoms with Crippen LogP contribution in [0.4, 0.5) is 4.39 Å². The molecular formula is C11H14FN3O2S. The first-order chi connectivity index (χ1) is 8.40. The third kappa shape index (κ3) is 2.83. The standard InChI is InChI=1S/C11H14FN3O2S/c1-3-11(4-2,8-13)15-18(16,17)10-9(12)6-5-7-14-10/h5-7,15H,3-4H2,1-2H3. The van der Waals surface area contributed by atoms with Crippen LogP contribution in [0.2, 0.25) is 0 Å². The molecule has 0 saturated heterocycles. The van der Waals surface area contributed by atoms with Crippen LogP contribution in [0.3, 0.4) is 0 Å². The molecule has 0 amide bonds. The van der Waals surface area contributed by atoms with Crippen LogP contribution in [-0.4, -0.2) is 18.9 Å². The Labute approximate surface area is 106 Å². The summed E-state index contributed by atoms with van der Waals surface area (Å²) in [5, 5.41) is 8.38. The molecule has 18 heavy (non-hydrogen) atoms. The van der Waals surface area contributed by atoms with Crippen molar-refractivity contribution in [3.63, 3.8) is 0 Å². The van der Waals surface area contributed by atoms with Crippen LogP contribution in [-0.2, 0) is 10.0 Å². The van der Waals surface area contributed by atoms with Crippen molar-refractivity contribution in [2.24, 2.45) is 0 Å².